The van der Waals surface area contributed by atoms with Crippen molar-refractivity contribution in [3.05, 3.63) is 173 Å². The quantitative estimate of drug-likeness (QED) is 0.165. The number of aromatic nitrogens is 3. The first-order valence-corrected chi connectivity index (χ1v) is 30.1. The Kier molecular flexibility index (Phi) is 12.9. The summed E-state index contributed by atoms with van der Waals surface area (Å²) in [5.74, 6) is 0. The Morgan fingerprint density at radius 2 is 0.838 bits per heavy atom. The van der Waals surface area contributed by atoms with E-state index in [9.17, 15) is 0 Å². The minimum Gasteiger partial charge on any atom is -0.310 e. The summed E-state index contributed by atoms with van der Waals surface area (Å²) in [5.41, 5.74) is 23.0. The molecule has 0 radical (unpaired) electrons. The van der Waals surface area contributed by atoms with Crippen LogP contribution < -0.4 is 21.3 Å². The molecule has 0 aliphatic carbocycles. The van der Waals surface area contributed by atoms with Gasteiger partial charge in [-0.05, 0) is 157 Å². The number of hydrogen-bond donors (Lipinski definition) is 0. The van der Waals surface area contributed by atoms with Crippen LogP contribution in [-0.4, -0.2) is 21.2 Å². The molecule has 4 nitrogen and oxygen atoms in total. The van der Waals surface area contributed by atoms with Crippen molar-refractivity contribution in [3.63, 3.8) is 0 Å². The molecule has 0 saturated heterocycles. The van der Waals surface area contributed by atoms with Gasteiger partial charge in [-0.3, -0.25) is 9.97 Å². The SMILES string of the molecule is CC(C)(C)c1ccc2c(c1)B1c3ccc(-n4c5ccc(C(C)(C)C)cc5c5cc(C(C)(C)C)ccc54)cc3N(c3c(-c4cccc(C(C)(C)C)n4)cc(C(C)(C)C)cc3-c3cccc(C(C)(C)C)n3)c3cc(C(C)(C)C)cc(c31)S2. The van der Waals surface area contributed by atoms with Gasteiger partial charge in [0, 0.05) is 71.0 Å². The minimum atomic E-state index is -0.198. The fraction of sp³-hybridized carbons (Fsp3) is 0.378. The Labute approximate surface area is 484 Å². The van der Waals surface area contributed by atoms with Crippen LogP contribution in [0.2, 0.25) is 0 Å². The normalized spacial score (nSPS) is 14.2. The van der Waals surface area contributed by atoms with Crippen molar-refractivity contribution in [3.8, 4) is 28.2 Å². The Morgan fingerprint density at radius 3 is 1.31 bits per heavy atom. The molecule has 6 heteroatoms. The first-order valence-electron chi connectivity index (χ1n) is 29.3. The molecular weight excluding hydrogens is 988 g/mol. The van der Waals surface area contributed by atoms with E-state index in [1.807, 2.05) is 11.8 Å². The Morgan fingerprint density at radius 1 is 0.375 bits per heavy atom. The molecular formula is C74H85BN4S. The number of benzene rings is 6. The van der Waals surface area contributed by atoms with Crippen molar-refractivity contribution < 1.29 is 0 Å². The van der Waals surface area contributed by atoms with E-state index < -0.39 is 0 Å². The third-order valence-corrected chi connectivity index (χ3v) is 18.2. The van der Waals surface area contributed by atoms with Gasteiger partial charge in [0.05, 0.1) is 28.1 Å². The van der Waals surface area contributed by atoms with Gasteiger partial charge in [0.1, 0.15) is 0 Å². The molecule has 2 aliphatic rings. The Hall–Kier alpha value is -6.37. The summed E-state index contributed by atoms with van der Waals surface area (Å²) in [6.07, 6.45) is 0. The summed E-state index contributed by atoms with van der Waals surface area (Å²) in [6, 6.07) is 52.5. The predicted octanol–water partition coefficient (Wildman–Crippen LogP) is 18.8. The van der Waals surface area contributed by atoms with E-state index in [0.29, 0.717) is 0 Å². The number of hydrogen-bond acceptors (Lipinski definition) is 4. The molecule has 5 heterocycles. The molecule has 0 N–H and O–H groups in total. The summed E-state index contributed by atoms with van der Waals surface area (Å²) in [6.45, 7) is 48.7. The Balaban J connectivity index is 1.34. The highest BCUT2D eigenvalue weighted by Crippen LogP contribution is 2.52. The number of rotatable bonds is 4. The maximum Gasteiger partial charge on any atom is 0.249 e. The number of nitrogens with zero attached hydrogens (tertiary/aromatic N) is 4. The molecule has 0 unspecified atom stereocenters. The van der Waals surface area contributed by atoms with Crippen LogP contribution in [-0.2, 0) is 37.9 Å². The smallest absolute Gasteiger partial charge is 0.249 e. The standard InChI is InChI=1S/C74H85BN4S/c1-68(2,3)44-28-33-58-50(36-44)51-37-45(69(4,5)6)29-34-59(51)78(58)49-31-32-54-60(43-49)79(61-41-48(72(13,14)15)42-63-66(61)75(54)55-40-46(70(7,8)9)30-35-62(55)80-63)67-52(56-24-22-26-64(76-56)73(16,17)18)38-47(71(10,11)12)39-53(67)57-25-23-27-65(77-57)74(19,20)21/h22-43H,1-21H3. The molecule has 0 bridgehead atoms. The van der Waals surface area contributed by atoms with Crippen molar-refractivity contribution in [2.75, 3.05) is 4.90 Å². The largest absolute Gasteiger partial charge is 0.310 e. The molecule has 11 rings (SSSR count). The van der Waals surface area contributed by atoms with Crippen LogP contribution in [0.5, 0.6) is 0 Å². The molecule has 3 aromatic heterocycles. The predicted molar refractivity (Wildman–Crippen MR) is 348 cm³/mol. The molecule has 410 valence electrons. The van der Waals surface area contributed by atoms with Crippen LogP contribution in [0.4, 0.5) is 17.1 Å². The van der Waals surface area contributed by atoms with Crippen LogP contribution in [0.15, 0.2) is 143 Å². The van der Waals surface area contributed by atoms with Gasteiger partial charge in [0.15, 0.2) is 0 Å². The zero-order chi connectivity index (χ0) is 57.8. The van der Waals surface area contributed by atoms with Crippen LogP contribution in [0.25, 0.3) is 50.0 Å². The number of pyridine rings is 2. The van der Waals surface area contributed by atoms with Gasteiger partial charge in [0.2, 0.25) is 6.71 Å². The van der Waals surface area contributed by atoms with Crippen molar-refractivity contribution in [2.45, 2.75) is 193 Å². The molecule has 80 heavy (non-hydrogen) atoms. The number of fused-ring (bicyclic) bond motifs is 7. The van der Waals surface area contributed by atoms with Gasteiger partial charge in [0.25, 0.3) is 0 Å². The molecule has 9 aromatic rings. The van der Waals surface area contributed by atoms with E-state index in [1.165, 1.54) is 81.5 Å². The molecule has 0 atom stereocenters. The second-order valence-electron chi connectivity index (χ2n) is 30.6. The van der Waals surface area contributed by atoms with Gasteiger partial charge in [-0.25, -0.2) is 0 Å². The lowest BCUT2D eigenvalue weighted by Crippen LogP contribution is -2.60. The molecule has 0 fully saturated rings. The summed E-state index contributed by atoms with van der Waals surface area (Å²) in [5, 5.41) is 2.56. The van der Waals surface area contributed by atoms with Crippen LogP contribution in [0.3, 0.4) is 0 Å². The summed E-state index contributed by atoms with van der Waals surface area (Å²) >= 11 is 1.94. The van der Waals surface area contributed by atoms with Crippen molar-refractivity contribution >= 4 is 73.7 Å². The third-order valence-electron chi connectivity index (χ3n) is 17.0. The molecule has 6 aromatic carbocycles. The second-order valence-corrected chi connectivity index (χ2v) is 31.6. The zero-order valence-electron chi connectivity index (χ0n) is 52.0. The van der Waals surface area contributed by atoms with Gasteiger partial charge >= 0.3 is 0 Å². The van der Waals surface area contributed by atoms with Crippen molar-refractivity contribution in [1.82, 2.24) is 14.5 Å². The first-order chi connectivity index (χ1) is 37.1. The topological polar surface area (TPSA) is 34.0 Å². The second kappa shape index (κ2) is 18.6. The van der Waals surface area contributed by atoms with E-state index in [1.54, 1.807) is 0 Å². The maximum atomic E-state index is 5.70. The van der Waals surface area contributed by atoms with Gasteiger partial charge in [-0.1, -0.05) is 205 Å². The summed E-state index contributed by atoms with van der Waals surface area (Å²) in [7, 11) is 0. The highest BCUT2D eigenvalue weighted by Gasteiger charge is 2.44. The average molecular weight is 1070 g/mol. The highest BCUT2D eigenvalue weighted by atomic mass is 32.2. The highest BCUT2D eigenvalue weighted by molar-refractivity contribution is 8.00. The van der Waals surface area contributed by atoms with E-state index in [4.69, 9.17) is 9.97 Å². The minimum absolute atomic E-state index is 0.0172. The zero-order valence-corrected chi connectivity index (χ0v) is 52.8. The number of anilines is 3. The van der Waals surface area contributed by atoms with E-state index in [2.05, 4.69) is 288 Å². The van der Waals surface area contributed by atoms with Crippen LogP contribution in [0.1, 0.15) is 185 Å². The van der Waals surface area contributed by atoms with E-state index in [-0.39, 0.29) is 44.6 Å². The maximum absolute atomic E-state index is 5.70. The lowest BCUT2D eigenvalue weighted by atomic mass is 9.34. The van der Waals surface area contributed by atoms with E-state index in [0.717, 1.165) is 51.0 Å². The monoisotopic (exact) mass is 1070 g/mol. The van der Waals surface area contributed by atoms with Crippen LogP contribution >= 0.6 is 11.8 Å². The van der Waals surface area contributed by atoms with Gasteiger partial charge < -0.3 is 9.47 Å². The van der Waals surface area contributed by atoms with Crippen molar-refractivity contribution in [1.29, 1.82) is 0 Å². The average Bonchev–Trinajstić information content (AvgIpc) is 3.84. The Bertz CT molecular complexity index is 3820. The fourth-order valence-corrected chi connectivity index (χ4v) is 13.1. The molecule has 0 saturated carbocycles. The lowest BCUT2D eigenvalue weighted by molar-refractivity contribution is 0.569. The lowest BCUT2D eigenvalue weighted by Gasteiger charge is -2.43. The van der Waals surface area contributed by atoms with Crippen LogP contribution in [0, 0.1) is 0 Å². The van der Waals surface area contributed by atoms with E-state index >= 15 is 0 Å². The molecule has 0 amide bonds. The molecule has 0 spiro atoms. The van der Waals surface area contributed by atoms with Crippen molar-refractivity contribution in [2.24, 2.45) is 0 Å². The fourth-order valence-electron chi connectivity index (χ4n) is 12.0. The van der Waals surface area contributed by atoms with Gasteiger partial charge in [-0.15, -0.1) is 0 Å². The first kappa shape index (κ1) is 55.5. The van der Waals surface area contributed by atoms with Gasteiger partial charge in [-0.2, -0.15) is 0 Å². The summed E-state index contributed by atoms with van der Waals surface area (Å²) in [4.78, 5) is 16.7. The molecule has 2 aliphatic heterocycles. The third kappa shape index (κ3) is 9.73. The summed E-state index contributed by atoms with van der Waals surface area (Å²) < 4.78 is 2.55.